The molecular weight excluding hydrogens is 230 g/mol. The molecule has 1 saturated heterocycles. The fraction of sp³-hybridized carbons (Fsp3) is 0.545. The number of aliphatic hydroxyl groups excluding tert-OH is 1. The van der Waals surface area contributed by atoms with Crippen LogP contribution in [0.5, 0.6) is 0 Å². The van der Waals surface area contributed by atoms with Crippen molar-refractivity contribution in [2.24, 2.45) is 0 Å². The average Bonchev–Trinajstić information content (AvgIpc) is 2.34. The molecule has 0 amide bonds. The third-order valence-corrected chi connectivity index (χ3v) is 2.94. The Morgan fingerprint density at radius 2 is 2.12 bits per heavy atom. The number of anilines is 1. The van der Waals surface area contributed by atoms with Crippen molar-refractivity contribution in [2.75, 3.05) is 25.1 Å². The average molecular weight is 244 g/mol. The number of nitrogens with zero attached hydrogens (tertiary/aromatic N) is 1. The number of hydrogen-bond donors (Lipinski definition) is 2. The summed E-state index contributed by atoms with van der Waals surface area (Å²) in [5.74, 6) is -1.52. The Hall–Kier alpha value is -1.27. The fourth-order valence-corrected chi connectivity index (χ4v) is 1.84. The zero-order valence-corrected chi connectivity index (χ0v) is 9.25. The van der Waals surface area contributed by atoms with E-state index in [1.54, 1.807) is 0 Å². The molecule has 0 aromatic carbocycles. The molecule has 0 unspecified atom stereocenters. The summed E-state index contributed by atoms with van der Waals surface area (Å²) in [5.41, 5.74) is -0.635. The van der Waals surface area contributed by atoms with E-state index in [0.717, 1.165) is 12.3 Å². The molecule has 0 radical (unpaired) electrons. The van der Waals surface area contributed by atoms with Gasteiger partial charge in [-0.2, -0.15) is 0 Å². The molecule has 0 aliphatic carbocycles. The zero-order chi connectivity index (χ0) is 12.3. The summed E-state index contributed by atoms with van der Waals surface area (Å²) in [5, 5.41) is 12.3. The van der Waals surface area contributed by atoms with Gasteiger partial charge < -0.3 is 15.2 Å². The van der Waals surface area contributed by atoms with Crippen molar-refractivity contribution in [2.45, 2.75) is 18.4 Å². The van der Waals surface area contributed by atoms with E-state index < -0.39 is 17.2 Å². The van der Waals surface area contributed by atoms with Gasteiger partial charge in [-0.1, -0.05) is 0 Å². The van der Waals surface area contributed by atoms with Gasteiger partial charge in [0.05, 0.1) is 18.3 Å². The quantitative estimate of drug-likeness (QED) is 0.841. The van der Waals surface area contributed by atoms with E-state index in [2.05, 4.69) is 10.3 Å². The molecule has 2 rings (SSSR count). The van der Waals surface area contributed by atoms with Crippen LogP contribution in [0.1, 0.15) is 12.8 Å². The molecule has 4 nitrogen and oxygen atoms in total. The molecule has 1 aromatic heterocycles. The largest absolute Gasteiger partial charge is 0.394 e. The first-order valence-electron chi connectivity index (χ1n) is 5.43. The van der Waals surface area contributed by atoms with Gasteiger partial charge in [-0.25, -0.2) is 13.8 Å². The van der Waals surface area contributed by atoms with Crippen LogP contribution >= 0.6 is 0 Å². The van der Waals surface area contributed by atoms with Crippen LogP contribution in [-0.4, -0.2) is 35.5 Å². The van der Waals surface area contributed by atoms with Crippen LogP contribution in [0.25, 0.3) is 0 Å². The molecule has 2 N–H and O–H groups in total. The minimum atomic E-state index is -0.760. The van der Waals surface area contributed by atoms with Crippen molar-refractivity contribution in [1.82, 2.24) is 4.98 Å². The van der Waals surface area contributed by atoms with E-state index in [1.165, 1.54) is 0 Å². The summed E-state index contributed by atoms with van der Waals surface area (Å²) >= 11 is 0. The fourth-order valence-electron chi connectivity index (χ4n) is 1.84. The van der Waals surface area contributed by atoms with E-state index in [-0.39, 0.29) is 12.4 Å². The smallest absolute Gasteiger partial charge is 0.168 e. The maximum absolute atomic E-state index is 13.4. The molecule has 1 fully saturated rings. The van der Waals surface area contributed by atoms with Gasteiger partial charge in [0.25, 0.3) is 0 Å². The highest BCUT2D eigenvalue weighted by Gasteiger charge is 2.32. The monoisotopic (exact) mass is 244 g/mol. The number of nitrogens with one attached hydrogen (secondary N) is 1. The Morgan fingerprint density at radius 1 is 1.41 bits per heavy atom. The second kappa shape index (κ2) is 4.93. The lowest BCUT2D eigenvalue weighted by Gasteiger charge is -2.36. The second-order valence-electron chi connectivity index (χ2n) is 4.16. The molecule has 6 heteroatoms. The van der Waals surface area contributed by atoms with Gasteiger partial charge in [0.1, 0.15) is 5.82 Å². The van der Waals surface area contributed by atoms with Crippen LogP contribution in [0.4, 0.5) is 14.6 Å². The van der Waals surface area contributed by atoms with E-state index in [1.807, 2.05) is 0 Å². The highest BCUT2D eigenvalue weighted by Crippen LogP contribution is 2.26. The van der Waals surface area contributed by atoms with Gasteiger partial charge in [-0.15, -0.1) is 0 Å². The number of aliphatic hydroxyl groups is 1. The standard InChI is InChI=1S/C11H14F2N2O2/c12-8-5-9(13)10(14-6-8)15-11(7-16)1-3-17-4-2-11/h5-6,16H,1-4,7H2,(H,14,15). The summed E-state index contributed by atoms with van der Waals surface area (Å²) in [6, 6.07) is 0.764. The van der Waals surface area contributed by atoms with Gasteiger partial charge in [-0.05, 0) is 12.8 Å². The first-order chi connectivity index (χ1) is 8.15. The number of ether oxygens (including phenoxy) is 1. The summed E-state index contributed by atoms with van der Waals surface area (Å²) < 4.78 is 31.3. The van der Waals surface area contributed by atoms with E-state index in [9.17, 15) is 13.9 Å². The van der Waals surface area contributed by atoms with Gasteiger partial charge in [-0.3, -0.25) is 0 Å². The predicted molar refractivity (Wildman–Crippen MR) is 57.6 cm³/mol. The predicted octanol–water partition coefficient (Wildman–Crippen LogP) is 1.31. The molecule has 1 aromatic rings. The lowest BCUT2D eigenvalue weighted by Crippen LogP contribution is -2.47. The normalized spacial score (nSPS) is 19.0. The number of pyridine rings is 1. The molecule has 0 atom stereocenters. The highest BCUT2D eigenvalue weighted by atomic mass is 19.1. The van der Waals surface area contributed by atoms with Crippen LogP contribution in [-0.2, 0) is 4.74 Å². The molecule has 0 saturated carbocycles. The Balaban J connectivity index is 2.17. The third kappa shape index (κ3) is 2.70. The van der Waals surface area contributed by atoms with Gasteiger partial charge in [0, 0.05) is 19.3 Å². The first-order valence-corrected chi connectivity index (χ1v) is 5.43. The molecule has 1 aliphatic heterocycles. The summed E-state index contributed by atoms with van der Waals surface area (Å²) in [6.07, 6.45) is 2.06. The van der Waals surface area contributed by atoms with E-state index >= 15 is 0 Å². The molecule has 0 bridgehead atoms. The zero-order valence-electron chi connectivity index (χ0n) is 9.25. The Kier molecular flexibility index (Phi) is 3.54. The number of hydrogen-bond acceptors (Lipinski definition) is 4. The van der Waals surface area contributed by atoms with Gasteiger partial charge in [0.15, 0.2) is 11.6 Å². The Bertz CT molecular complexity index is 395. The molecular formula is C11H14F2N2O2. The van der Waals surface area contributed by atoms with E-state index in [0.29, 0.717) is 26.1 Å². The summed E-state index contributed by atoms with van der Waals surface area (Å²) in [6.45, 7) is 0.849. The van der Waals surface area contributed by atoms with Crippen molar-refractivity contribution >= 4 is 5.82 Å². The van der Waals surface area contributed by atoms with E-state index in [4.69, 9.17) is 4.74 Å². The van der Waals surface area contributed by atoms with Crippen LogP contribution in [0.2, 0.25) is 0 Å². The molecule has 0 spiro atoms. The highest BCUT2D eigenvalue weighted by molar-refractivity contribution is 5.39. The maximum Gasteiger partial charge on any atom is 0.168 e. The van der Waals surface area contributed by atoms with Crippen LogP contribution in [0.3, 0.4) is 0 Å². The number of aromatic nitrogens is 1. The third-order valence-electron chi connectivity index (χ3n) is 2.94. The van der Waals surface area contributed by atoms with Crippen molar-refractivity contribution in [3.05, 3.63) is 23.9 Å². The minimum absolute atomic E-state index is 0.0395. The van der Waals surface area contributed by atoms with Crippen molar-refractivity contribution in [3.8, 4) is 0 Å². The first kappa shape index (κ1) is 12.2. The maximum atomic E-state index is 13.4. The topological polar surface area (TPSA) is 54.4 Å². The van der Waals surface area contributed by atoms with Gasteiger partial charge >= 0.3 is 0 Å². The molecule has 94 valence electrons. The van der Waals surface area contributed by atoms with Crippen molar-refractivity contribution < 1.29 is 18.6 Å². The van der Waals surface area contributed by atoms with Crippen LogP contribution in [0, 0.1) is 11.6 Å². The van der Waals surface area contributed by atoms with Crippen molar-refractivity contribution in [1.29, 1.82) is 0 Å². The van der Waals surface area contributed by atoms with Crippen LogP contribution in [0.15, 0.2) is 12.3 Å². The SMILES string of the molecule is OCC1(Nc2ncc(F)cc2F)CCOCC1. The number of halogens is 2. The van der Waals surface area contributed by atoms with Crippen molar-refractivity contribution in [3.63, 3.8) is 0 Å². The van der Waals surface area contributed by atoms with Crippen LogP contribution < -0.4 is 5.32 Å². The molecule has 2 heterocycles. The number of rotatable bonds is 3. The Morgan fingerprint density at radius 3 is 2.71 bits per heavy atom. The molecule has 17 heavy (non-hydrogen) atoms. The second-order valence-corrected chi connectivity index (χ2v) is 4.16. The summed E-state index contributed by atoms with van der Waals surface area (Å²) in [7, 11) is 0. The lowest BCUT2D eigenvalue weighted by molar-refractivity contribution is 0.0377. The van der Waals surface area contributed by atoms with Gasteiger partial charge in [0.2, 0.25) is 0 Å². The Labute approximate surface area is 97.6 Å². The lowest BCUT2D eigenvalue weighted by atomic mass is 9.91. The summed E-state index contributed by atoms with van der Waals surface area (Å²) in [4.78, 5) is 3.65. The molecule has 1 aliphatic rings. The minimum Gasteiger partial charge on any atom is -0.394 e.